The molecule has 0 aliphatic heterocycles. The second kappa shape index (κ2) is 6.24. The summed E-state index contributed by atoms with van der Waals surface area (Å²) in [4.78, 5) is 24.4. The minimum atomic E-state index is -1.25. The number of hydrogen-bond acceptors (Lipinski definition) is 4. The average molecular weight is 331 g/mol. The van der Waals surface area contributed by atoms with Crippen LogP contribution in [0.4, 0.5) is 0 Å². The van der Waals surface area contributed by atoms with Gasteiger partial charge in [0.15, 0.2) is 5.41 Å². The van der Waals surface area contributed by atoms with E-state index in [-0.39, 0.29) is 19.1 Å². The first kappa shape index (κ1) is 16.1. The lowest BCUT2D eigenvalue weighted by molar-refractivity contribution is -0.164. The van der Waals surface area contributed by atoms with Crippen LogP contribution >= 0.6 is 23.2 Å². The number of ether oxygens (including phenoxy) is 2. The van der Waals surface area contributed by atoms with Crippen molar-refractivity contribution >= 4 is 35.1 Å². The maximum atomic E-state index is 12.2. The molecule has 1 atom stereocenters. The van der Waals surface area contributed by atoms with Gasteiger partial charge < -0.3 is 9.47 Å². The second-order valence-corrected chi connectivity index (χ2v) is 5.66. The van der Waals surface area contributed by atoms with E-state index in [0.717, 1.165) is 5.56 Å². The van der Waals surface area contributed by atoms with E-state index < -0.39 is 17.4 Å². The van der Waals surface area contributed by atoms with Crippen molar-refractivity contribution in [2.45, 2.75) is 26.2 Å². The summed E-state index contributed by atoms with van der Waals surface area (Å²) in [5, 5.41) is 0.821. The third-order valence-electron chi connectivity index (χ3n) is 3.59. The van der Waals surface area contributed by atoms with Crippen LogP contribution in [0, 0.1) is 5.41 Å². The van der Waals surface area contributed by atoms with Crippen LogP contribution in [0.5, 0.6) is 0 Å². The number of hydrogen-bond donors (Lipinski definition) is 0. The number of halogens is 2. The molecule has 0 N–H and O–H groups in total. The highest BCUT2D eigenvalue weighted by Gasteiger charge is 2.68. The van der Waals surface area contributed by atoms with E-state index in [1.165, 1.54) is 0 Å². The number of carbonyl (C=O) groups excluding carboxylic acids is 2. The van der Waals surface area contributed by atoms with Crippen molar-refractivity contribution in [1.29, 1.82) is 0 Å². The van der Waals surface area contributed by atoms with E-state index in [2.05, 4.69) is 0 Å². The van der Waals surface area contributed by atoms with Crippen LogP contribution in [0.25, 0.3) is 0 Å². The third-order valence-corrected chi connectivity index (χ3v) is 4.33. The highest BCUT2D eigenvalue weighted by molar-refractivity contribution is 6.42. The second-order valence-electron chi connectivity index (χ2n) is 4.84. The van der Waals surface area contributed by atoms with Gasteiger partial charge in [-0.05, 0) is 38.0 Å². The van der Waals surface area contributed by atoms with Crippen LogP contribution in [0.2, 0.25) is 10.0 Å². The SMILES string of the molecule is CCOC(=O)C1(C(=O)OCC)CC1c1ccc(Cl)c(Cl)c1. The van der Waals surface area contributed by atoms with Gasteiger partial charge in [0, 0.05) is 5.92 Å². The molecular weight excluding hydrogens is 315 g/mol. The van der Waals surface area contributed by atoms with E-state index >= 15 is 0 Å². The van der Waals surface area contributed by atoms with Gasteiger partial charge in [0.25, 0.3) is 0 Å². The molecule has 0 bridgehead atoms. The lowest BCUT2D eigenvalue weighted by Crippen LogP contribution is -2.31. The highest BCUT2D eigenvalue weighted by Crippen LogP contribution is 2.61. The van der Waals surface area contributed by atoms with Crippen LogP contribution in [-0.2, 0) is 19.1 Å². The molecule has 0 aromatic heterocycles. The Morgan fingerprint density at radius 1 is 1.14 bits per heavy atom. The molecule has 1 unspecified atom stereocenters. The van der Waals surface area contributed by atoms with Gasteiger partial charge in [-0.3, -0.25) is 9.59 Å². The molecule has 21 heavy (non-hydrogen) atoms. The van der Waals surface area contributed by atoms with Gasteiger partial charge >= 0.3 is 11.9 Å². The summed E-state index contributed by atoms with van der Waals surface area (Å²) >= 11 is 11.9. The first-order valence-corrected chi connectivity index (χ1v) is 7.52. The molecule has 0 amide bonds. The molecule has 6 heteroatoms. The molecule has 1 aromatic rings. The molecule has 1 aliphatic rings. The summed E-state index contributed by atoms with van der Waals surface area (Å²) in [6.07, 6.45) is 0.364. The van der Waals surface area contributed by atoms with Crippen molar-refractivity contribution in [2.75, 3.05) is 13.2 Å². The quantitative estimate of drug-likeness (QED) is 0.611. The fraction of sp³-hybridized carbons (Fsp3) is 0.467. The van der Waals surface area contributed by atoms with E-state index in [9.17, 15) is 9.59 Å². The van der Waals surface area contributed by atoms with Crippen molar-refractivity contribution in [2.24, 2.45) is 5.41 Å². The monoisotopic (exact) mass is 330 g/mol. The highest BCUT2D eigenvalue weighted by atomic mass is 35.5. The number of carbonyl (C=O) groups is 2. The Morgan fingerprint density at radius 3 is 2.19 bits per heavy atom. The maximum absolute atomic E-state index is 12.2. The molecule has 1 aromatic carbocycles. The van der Waals surface area contributed by atoms with E-state index in [1.807, 2.05) is 0 Å². The predicted molar refractivity (Wildman–Crippen MR) is 79.5 cm³/mol. The van der Waals surface area contributed by atoms with Crippen molar-refractivity contribution in [3.63, 3.8) is 0 Å². The van der Waals surface area contributed by atoms with Gasteiger partial charge in [-0.15, -0.1) is 0 Å². The minimum Gasteiger partial charge on any atom is -0.465 e. The first-order valence-electron chi connectivity index (χ1n) is 6.76. The summed E-state index contributed by atoms with van der Waals surface area (Å²) in [6, 6.07) is 5.09. The predicted octanol–water partition coefficient (Wildman–Crippen LogP) is 3.59. The lowest BCUT2D eigenvalue weighted by Gasteiger charge is -2.15. The first-order chi connectivity index (χ1) is 9.97. The molecule has 2 rings (SSSR count). The van der Waals surface area contributed by atoms with Gasteiger partial charge in [0.1, 0.15) is 0 Å². The summed E-state index contributed by atoms with van der Waals surface area (Å²) < 4.78 is 10.1. The van der Waals surface area contributed by atoms with Gasteiger partial charge in [-0.1, -0.05) is 29.3 Å². The van der Waals surface area contributed by atoms with Crippen LogP contribution in [0.3, 0.4) is 0 Å². The molecular formula is C15H16Cl2O4. The summed E-state index contributed by atoms with van der Waals surface area (Å²) in [6.45, 7) is 3.84. The smallest absolute Gasteiger partial charge is 0.324 e. The Bertz CT molecular complexity index is 553. The molecule has 1 aliphatic carbocycles. The Balaban J connectivity index is 2.30. The Morgan fingerprint density at radius 2 is 1.71 bits per heavy atom. The molecule has 0 heterocycles. The molecule has 0 saturated heterocycles. The number of benzene rings is 1. The van der Waals surface area contributed by atoms with E-state index in [4.69, 9.17) is 32.7 Å². The summed E-state index contributed by atoms with van der Waals surface area (Å²) in [5.41, 5.74) is -0.464. The number of esters is 2. The van der Waals surface area contributed by atoms with Crippen LogP contribution in [0.15, 0.2) is 18.2 Å². The van der Waals surface area contributed by atoms with Gasteiger partial charge in [0.2, 0.25) is 0 Å². The Hall–Kier alpha value is -1.26. The molecule has 0 radical (unpaired) electrons. The van der Waals surface area contributed by atoms with Crippen LogP contribution < -0.4 is 0 Å². The van der Waals surface area contributed by atoms with E-state index in [0.29, 0.717) is 16.5 Å². The fourth-order valence-electron chi connectivity index (χ4n) is 2.45. The minimum absolute atomic E-state index is 0.216. The molecule has 4 nitrogen and oxygen atoms in total. The van der Waals surface area contributed by atoms with Crippen molar-refractivity contribution in [3.05, 3.63) is 33.8 Å². The Labute approximate surface area is 133 Å². The Kier molecular flexibility index (Phi) is 4.79. The van der Waals surface area contributed by atoms with Crippen molar-refractivity contribution in [3.8, 4) is 0 Å². The van der Waals surface area contributed by atoms with E-state index in [1.54, 1.807) is 32.0 Å². The normalized spacial score (nSPS) is 19.0. The zero-order valence-electron chi connectivity index (χ0n) is 11.8. The largest absolute Gasteiger partial charge is 0.465 e. The van der Waals surface area contributed by atoms with Crippen LogP contribution in [0.1, 0.15) is 31.7 Å². The third kappa shape index (κ3) is 2.87. The zero-order chi connectivity index (χ0) is 15.6. The van der Waals surface area contributed by atoms with Gasteiger partial charge in [-0.25, -0.2) is 0 Å². The molecule has 0 spiro atoms. The number of rotatable bonds is 5. The van der Waals surface area contributed by atoms with Gasteiger partial charge in [0.05, 0.1) is 23.3 Å². The molecule has 1 saturated carbocycles. The van der Waals surface area contributed by atoms with Crippen molar-refractivity contribution in [1.82, 2.24) is 0 Å². The topological polar surface area (TPSA) is 52.6 Å². The standard InChI is InChI=1S/C15H16Cl2O4/c1-3-20-13(18)15(14(19)21-4-2)8-10(15)9-5-6-11(16)12(17)7-9/h5-7,10H,3-4,8H2,1-2H3. The fourth-order valence-corrected chi connectivity index (χ4v) is 2.76. The van der Waals surface area contributed by atoms with Crippen molar-refractivity contribution < 1.29 is 19.1 Å². The summed E-state index contributed by atoms with van der Waals surface area (Å²) in [7, 11) is 0. The molecule has 114 valence electrons. The molecule has 1 fully saturated rings. The average Bonchev–Trinajstić information content (AvgIpc) is 3.19. The van der Waals surface area contributed by atoms with Crippen LogP contribution in [-0.4, -0.2) is 25.2 Å². The zero-order valence-corrected chi connectivity index (χ0v) is 13.3. The maximum Gasteiger partial charge on any atom is 0.324 e. The summed E-state index contributed by atoms with van der Waals surface area (Å²) in [5.74, 6) is -1.37. The van der Waals surface area contributed by atoms with Gasteiger partial charge in [-0.2, -0.15) is 0 Å². The lowest BCUT2D eigenvalue weighted by atomic mass is 9.99.